The van der Waals surface area contributed by atoms with Gasteiger partial charge in [0.1, 0.15) is 0 Å². The molecule has 0 aromatic heterocycles. The molecule has 4 heteroatoms. The number of fused-ring (bicyclic) bond motifs is 1. The highest BCUT2D eigenvalue weighted by molar-refractivity contribution is 5.94. The molecule has 1 saturated heterocycles. The monoisotopic (exact) mass is 260 g/mol. The molecule has 2 aliphatic rings. The quantitative estimate of drug-likeness (QED) is 0.885. The van der Waals surface area contributed by atoms with Gasteiger partial charge in [0, 0.05) is 24.8 Å². The first-order valence-electron chi connectivity index (χ1n) is 7.00. The van der Waals surface area contributed by atoms with Crippen molar-refractivity contribution in [3.05, 3.63) is 29.8 Å². The number of hydrogen-bond acceptors (Lipinski definition) is 3. The van der Waals surface area contributed by atoms with E-state index < -0.39 is 0 Å². The Hall–Kier alpha value is -1.55. The van der Waals surface area contributed by atoms with Gasteiger partial charge in [0.05, 0.1) is 18.8 Å². The zero-order valence-corrected chi connectivity index (χ0v) is 11.3. The molecule has 0 spiro atoms. The maximum Gasteiger partial charge on any atom is 0.254 e. The van der Waals surface area contributed by atoms with Crippen LogP contribution in [0, 0.1) is 0 Å². The largest absolute Gasteiger partial charge is 0.388 e. The van der Waals surface area contributed by atoms with Crippen molar-refractivity contribution in [1.29, 1.82) is 0 Å². The van der Waals surface area contributed by atoms with Crippen molar-refractivity contribution in [3.63, 3.8) is 0 Å². The highest BCUT2D eigenvalue weighted by Gasteiger charge is 2.38. The second kappa shape index (κ2) is 5.21. The van der Waals surface area contributed by atoms with Crippen molar-refractivity contribution >= 4 is 11.6 Å². The number of ether oxygens (including phenoxy) is 1. The third kappa shape index (κ3) is 2.32. The van der Waals surface area contributed by atoms with Crippen LogP contribution in [-0.4, -0.2) is 43.2 Å². The summed E-state index contributed by atoms with van der Waals surface area (Å²) in [5.74, 6) is 0.142. The van der Waals surface area contributed by atoms with E-state index >= 15 is 0 Å². The average molecular weight is 260 g/mol. The summed E-state index contributed by atoms with van der Waals surface area (Å²) in [6.45, 7) is 1.38. The van der Waals surface area contributed by atoms with Crippen LogP contribution in [-0.2, 0) is 4.74 Å². The summed E-state index contributed by atoms with van der Waals surface area (Å²) in [6.07, 6.45) is 3.59. The van der Waals surface area contributed by atoms with Crippen LogP contribution in [0.15, 0.2) is 24.3 Å². The molecule has 2 fully saturated rings. The molecule has 19 heavy (non-hydrogen) atoms. The van der Waals surface area contributed by atoms with E-state index in [-0.39, 0.29) is 18.1 Å². The van der Waals surface area contributed by atoms with E-state index in [0.29, 0.717) is 13.2 Å². The number of anilines is 1. The maximum absolute atomic E-state index is 12.6. The first-order chi connectivity index (χ1) is 9.29. The molecule has 0 radical (unpaired) electrons. The van der Waals surface area contributed by atoms with Gasteiger partial charge in [0.25, 0.3) is 5.91 Å². The van der Waals surface area contributed by atoms with Gasteiger partial charge in [-0.2, -0.15) is 0 Å². The van der Waals surface area contributed by atoms with Crippen molar-refractivity contribution in [1.82, 2.24) is 4.90 Å². The summed E-state index contributed by atoms with van der Waals surface area (Å²) in [6, 6.07) is 7.96. The van der Waals surface area contributed by atoms with E-state index in [4.69, 9.17) is 4.74 Å². The molecule has 2 unspecified atom stereocenters. The molecular weight excluding hydrogens is 240 g/mol. The molecule has 4 nitrogen and oxygen atoms in total. The second-order valence-corrected chi connectivity index (χ2v) is 5.23. The highest BCUT2D eigenvalue weighted by Crippen LogP contribution is 2.30. The third-order valence-corrected chi connectivity index (χ3v) is 4.16. The van der Waals surface area contributed by atoms with Crippen LogP contribution in [0.5, 0.6) is 0 Å². The molecule has 3 rings (SSSR count). The van der Waals surface area contributed by atoms with Crippen molar-refractivity contribution < 1.29 is 9.53 Å². The Morgan fingerprint density at radius 1 is 1.32 bits per heavy atom. The van der Waals surface area contributed by atoms with Crippen LogP contribution in [0.1, 0.15) is 29.6 Å². The summed E-state index contributed by atoms with van der Waals surface area (Å²) in [5, 5.41) is 3.06. The molecule has 2 atom stereocenters. The summed E-state index contributed by atoms with van der Waals surface area (Å²) in [7, 11) is 1.88. The van der Waals surface area contributed by atoms with Gasteiger partial charge in [0.15, 0.2) is 0 Å². The maximum atomic E-state index is 12.6. The number of benzene rings is 1. The molecule has 1 aromatic rings. The molecule has 0 bridgehead atoms. The Balaban J connectivity index is 1.78. The fourth-order valence-corrected chi connectivity index (χ4v) is 3.12. The summed E-state index contributed by atoms with van der Waals surface area (Å²) in [4.78, 5) is 14.6. The lowest BCUT2D eigenvalue weighted by Gasteiger charge is -2.37. The Kier molecular flexibility index (Phi) is 3.42. The van der Waals surface area contributed by atoms with Crippen LogP contribution in [0.4, 0.5) is 5.69 Å². The van der Waals surface area contributed by atoms with E-state index in [2.05, 4.69) is 5.32 Å². The van der Waals surface area contributed by atoms with Gasteiger partial charge in [-0.3, -0.25) is 4.79 Å². The highest BCUT2D eigenvalue weighted by atomic mass is 16.5. The van der Waals surface area contributed by atoms with Crippen molar-refractivity contribution in [2.24, 2.45) is 0 Å². The van der Waals surface area contributed by atoms with Gasteiger partial charge in [0.2, 0.25) is 0 Å². The summed E-state index contributed by atoms with van der Waals surface area (Å²) < 4.78 is 5.75. The van der Waals surface area contributed by atoms with Gasteiger partial charge < -0.3 is 15.0 Å². The van der Waals surface area contributed by atoms with E-state index in [0.717, 1.165) is 30.5 Å². The summed E-state index contributed by atoms with van der Waals surface area (Å²) in [5.41, 5.74) is 1.80. The molecule has 1 saturated carbocycles. The Bertz CT molecular complexity index is 458. The predicted octanol–water partition coefficient (Wildman–Crippen LogP) is 2.12. The number of hydrogen-bond donors (Lipinski definition) is 1. The zero-order chi connectivity index (χ0) is 13.2. The first-order valence-corrected chi connectivity index (χ1v) is 7.00. The number of nitrogens with one attached hydrogen (secondary N) is 1. The molecule has 1 heterocycles. The molecular formula is C15H20N2O2. The average Bonchev–Trinajstić information content (AvgIpc) is 2.95. The Morgan fingerprint density at radius 2 is 2.11 bits per heavy atom. The number of morpholine rings is 1. The van der Waals surface area contributed by atoms with Crippen LogP contribution < -0.4 is 5.32 Å². The molecule has 102 valence electrons. The van der Waals surface area contributed by atoms with Gasteiger partial charge >= 0.3 is 0 Å². The minimum absolute atomic E-state index is 0.142. The van der Waals surface area contributed by atoms with E-state index in [1.165, 1.54) is 0 Å². The lowest BCUT2D eigenvalue weighted by atomic mass is 10.1. The van der Waals surface area contributed by atoms with Crippen LogP contribution in [0.3, 0.4) is 0 Å². The van der Waals surface area contributed by atoms with Crippen molar-refractivity contribution in [3.8, 4) is 0 Å². The van der Waals surface area contributed by atoms with Gasteiger partial charge in [-0.15, -0.1) is 0 Å². The lowest BCUT2D eigenvalue weighted by molar-refractivity contribution is -0.0445. The standard InChI is InChI=1S/C15H20N2O2/c1-16-12-7-5-11(6-8-12)15(18)17-9-10-19-14-4-2-3-13(14)17/h5-8,13-14,16H,2-4,9-10H2,1H3. The second-order valence-electron chi connectivity index (χ2n) is 5.23. The summed E-state index contributed by atoms with van der Waals surface area (Å²) >= 11 is 0. The molecule has 1 aromatic carbocycles. The zero-order valence-electron chi connectivity index (χ0n) is 11.3. The van der Waals surface area contributed by atoms with Crippen molar-refractivity contribution in [2.75, 3.05) is 25.5 Å². The van der Waals surface area contributed by atoms with E-state index in [1.807, 2.05) is 36.2 Å². The lowest BCUT2D eigenvalue weighted by Crippen LogP contribution is -2.51. The fraction of sp³-hybridized carbons (Fsp3) is 0.533. The Morgan fingerprint density at radius 3 is 2.84 bits per heavy atom. The van der Waals surface area contributed by atoms with Crippen molar-refractivity contribution in [2.45, 2.75) is 31.4 Å². The smallest absolute Gasteiger partial charge is 0.254 e. The van der Waals surface area contributed by atoms with E-state index in [9.17, 15) is 4.79 Å². The van der Waals surface area contributed by atoms with Gasteiger partial charge in [-0.25, -0.2) is 0 Å². The third-order valence-electron chi connectivity index (χ3n) is 4.16. The molecule has 1 N–H and O–H groups in total. The van der Waals surface area contributed by atoms with Crippen LogP contribution >= 0.6 is 0 Å². The van der Waals surface area contributed by atoms with Gasteiger partial charge in [-0.05, 0) is 43.5 Å². The number of nitrogens with zero attached hydrogens (tertiary/aromatic N) is 1. The van der Waals surface area contributed by atoms with Crippen LogP contribution in [0.25, 0.3) is 0 Å². The molecule has 1 amide bonds. The Labute approximate surface area is 113 Å². The SMILES string of the molecule is CNc1ccc(C(=O)N2CCOC3CCCC32)cc1. The number of amides is 1. The predicted molar refractivity (Wildman–Crippen MR) is 74.4 cm³/mol. The fourth-order valence-electron chi connectivity index (χ4n) is 3.12. The van der Waals surface area contributed by atoms with E-state index in [1.54, 1.807) is 0 Å². The minimum atomic E-state index is 0.142. The molecule has 1 aliphatic heterocycles. The molecule has 1 aliphatic carbocycles. The van der Waals surface area contributed by atoms with Gasteiger partial charge in [-0.1, -0.05) is 0 Å². The minimum Gasteiger partial charge on any atom is -0.388 e. The first kappa shape index (κ1) is 12.5. The van der Waals surface area contributed by atoms with Crippen LogP contribution in [0.2, 0.25) is 0 Å². The number of carbonyl (C=O) groups is 1. The normalized spacial score (nSPS) is 26.1. The number of rotatable bonds is 2. The number of carbonyl (C=O) groups excluding carboxylic acids is 1. The topological polar surface area (TPSA) is 41.6 Å².